The Morgan fingerprint density at radius 3 is 2.60 bits per heavy atom. The van der Waals surface area contributed by atoms with E-state index in [1.807, 2.05) is 36.2 Å². The van der Waals surface area contributed by atoms with Crippen LogP contribution in [-0.4, -0.2) is 80.3 Å². The number of fused-ring (bicyclic) bond motifs is 2. The Labute approximate surface area is 278 Å². The van der Waals surface area contributed by atoms with Crippen molar-refractivity contribution in [3.05, 3.63) is 58.3 Å². The second-order valence-electron chi connectivity index (χ2n) is 13.8. The molecule has 3 aliphatic carbocycles. The van der Waals surface area contributed by atoms with E-state index in [1.54, 1.807) is 4.90 Å². The van der Waals surface area contributed by atoms with Gasteiger partial charge in [-0.3, -0.25) is 14.6 Å². The normalized spacial score (nSPS) is 24.4. The maximum absolute atomic E-state index is 12.9. The molecule has 11 nitrogen and oxygen atoms in total. The Morgan fingerprint density at radius 1 is 1.17 bits per heavy atom. The molecule has 0 spiro atoms. The summed E-state index contributed by atoms with van der Waals surface area (Å²) in [6.07, 6.45) is 10.8. The molecule has 6 aliphatic rings. The van der Waals surface area contributed by atoms with E-state index in [1.165, 1.54) is 18.1 Å². The number of ether oxygens (including phenoxy) is 2. The van der Waals surface area contributed by atoms with Crippen molar-refractivity contribution in [1.29, 1.82) is 5.26 Å². The number of amides is 1. The van der Waals surface area contributed by atoms with Gasteiger partial charge in [0, 0.05) is 63.0 Å². The monoisotopic (exact) mass is 651 g/mol. The number of hydrogen-bond acceptors (Lipinski definition) is 9. The third-order valence-electron chi connectivity index (χ3n) is 10.4. The molecule has 2 bridgehead atoms. The number of likely N-dealkylation sites (tertiary alicyclic amines) is 1. The molecule has 2 aromatic heterocycles. The Hall–Kier alpha value is -4.24. The van der Waals surface area contributed by atoms with E-state index in [-0.39, 0.29) is 24.7 Å². The quantitative estimate of drug-likeness (QED) is 0.326. The number of hydrogen-bond donors (Lipinski definition) is 0. The number of piperidine rings is 1. The molecule has 0 N–H and O–H groups in total. The first-order chi connectivity index (χ1) is 22.7. The molecule has 3 saturated carbocycles. The number of methoxy groups -OCH3 is 1. The van der Waals surface area contributed by atoms with Crippen molar-refractivity contribution in [2.45, 2.75) is 70.1 Å². The number of benzene rings is 1. The van der Waals surface area contributed by atoms with Crippen LogP contribution in [0.4, 0.5) is 11.5 Å². The minimum absolute atomic E-state index is 0.111. The minimum atomic E-state index is -0.191. The first kappa shape index (κ1) is 30.1. The lowest BCUT2D eigenvalue weighted by atomic mass is 9.45. The summed E-state index contributed by atoms with van der Waals surface area (Å²) in [6, 6.07) is 8.18. The molecule has 240 valence electrons. The summed E-state index contributed by atoms with van der Waals surface area (Å²) < 4.78 is 13.7. The van der Waals surface area contributed by atoms with Gasteiger partial charge in [0.15, 0.2) is 12.3 Å². The zero-order chi connectivity index (χ0) is 32.5. The maximum Gasteiger partial charge on any atom is 0.358 e. The molecule has 1 amide bonds. The zero-order valence-corrected chi connectivity index (χ0v) is 27.5. The summed E-state index contributed by atoms with van der Waals surface area (Å²) >= 11 is 5.96. The van der Waals surface area contributed by atoms with Gasteiger partial charge >= 0.3 is 5.82 Å². The lowest BCUT2D eigenvalue weighted by Crippen LogP contribution is -2.79. The second-order valence-corrected chi connectivity index (χ2v) is 14.2. The first-order valence-electron chi connectivity index (χ1n) is 16.2. The summed E-state index contributed by atoms with van der Waals surface area (Å²) in [4.78, 5) is 30.8. The van der Waals surface area contributed by atoms with Crippen LogP contribution in [-0.2, 0) is 22.5 Å². The lowest BCUT2D eigenvalue weighted by molar-refractivity contribution is -0.448. The Bertz CT molecular complexity index is 1890. The van der Waals surface area contributed by atoms with E-state index in [2.05, 4.69) is 34.8 Å². The van der Waals surface area contributed by atoms with Gasteiger partial charge in [0.25, 0.3) is 5.91 Å². The molecule has 1 aromatic carbocycles. The van der Waals surface area contributed by atoms with Crippen molar-refractivity contribution in [2.24, 2.45) is 11.0 Å². The van der Waals surface area contributed by atoms with Gasteiger partial charge in [0.2, 0.25) is 0 Å². The summed E-state index contributed by atoms with van der Waals surface area (Å²) in [5.41, 5.74) is 6.04. The summed E-state index contributed by atoms with van der Waals surface area (Å²) in [7, 11) is 1.84. The van der Waals surface area contributed by atoms with Crippen LogP contribution in [0.25, 0.3) is 11.1 Å². The number of rotatable bonds is 7. The number of nitrogens with zero attached hydrogens (tertiary/aromatic N) is 8. The average molecular weight is 652 g/mol. The SMILES string of the molecule is COC12CC(N3CCC(=[N+]4N=Cc5c4nc(CC(C)C)c(C#N)c5-c4ccc5c(c4)OCC(=O)N5Cc4ncc(Cl)cn4)CC3)(C1)C2. The molecule has 3 aromatic rings. The fourth-order valence-corrected chi connectivity index (χ4v) is 8.11. The van der Waals surface area contributed by atoms with Crippen molar-refractivity contribution < 1.29 is 19.0 Å². The van der Waals surface area contributed by atoms with E-state index in [0.29, 0.717) is 45.7 Å². The lowest BCUT2D eigenvalue weighted by Gasteiger charge is -2.73. The first-order valence-corrected chi connectivity index (χ1v) is 16.6. The van der Waals surface area contributed by atoms with Gasteiger partial charge in [-0.2, -0.15) is 5.26 Å². The Kier molecular flexibility index (Phi) is 7.17. The maximum atomic E-state index is 12.9. The van der Waals surface area contributed by atoms with Gasteiger partial charge in [-0.15, -0.1) is 4.68 Å². The smallest absolute Gasteiger partial charge is 0.358 e. The molecule has 0 atom stereocenters. The number of hydrazone groups is 1. The summed E-state index contributed by atoms with van der Waals surface area (Å²) in [5.74, 6) is 1.91. The van der Waals surface area contributed by atoms with Gasteiger partial charge in [0.1, 0.15) is 34.5 Å². The minimum Gasteiger partial charge on any atom is -0.482 e. The van der Waals surface area contributed by atoms with Crippen molar-refractivity contribution in [3.63, 3.8) is 0 Å². The summed E-state index contributed by atoms with van der Waals surface area (Å²) in [5, 5.41) is 15.8. The molecule has 0 radical (unpaired) electrons. The molecular weight excluding hydrogens is 616 g/mol. The highest BCUT2D eigenvalue weighted by Crippen LogP contribution is 2.65. The van der Waals surface area contributed by atoms with E-state index in [9.17, 15) is 10.1 Å². The summed E-state index contributed by atoms with van der Waals surface area (Å²) in [6.45, 7) is 6.34. The van der Waals surface area contributed by atoms with Crippen molar-refractivity contribution in [3.8, 4) is 22.9 Å². The van der Waals surface area contributed by atoms with Crippen molar-refractivity contribution in [1.82, 2.24) is 19.9 Å². The number of nitriles is 1. The van der Waals surface area contributed by atoms with E-state index in [4.69, 9.17) is 31.2 Å². The van der Waals surface area contributed by atoms with Crippen LogP contribution < -0.4 is 9.64 Å². The highest BCUT2D eigenvalue weighted by molar-refractivity contribution is 6.30. The van der Waals surface area contributed by atoms with Gasteiger partial charge in [0.05, 0.1) is 29.1 Å². The molecule has 5 heterocycles. The molecule has 1 saturated heterocycles. The molecule has 4 fully saturated rings. The highest BCUT2D eigenvalue weighted by atomic mass is 35.5. The molecule has 47 heavy (non-hydrogen) atoms. The van der Waals surface area contributed by atoms with Gasteiger partial charge in [-0.05, 0) is 47.9 Å². The fraction of sp³-hybridized carbons (Fsp3) is 0.457. The van der Waals surface area contributed by atoms with E-state index in [0.717, 1.165) is 73.4 Å². The van der Waals surface area contributed by atoms with Crippen LogP contribution in [0.5, 0.6) is 5.75 Å². The van der Waals surface area contributed by atoms with Gasteiger partial charge < -0.3 is 9.47 Å². The van der Waals surface area contributed by atoms with Crippen LogP contribution in [0.3, 0.4) is 0 Å². The number of halogens is 1. The Balaban J connectivity index is 1.14. The van der Waals surface area contributed by atoms with Crippen LogP contribution in [0, 0.1) is 17.2 Å². The molecular formula is C35H36ClN8O3+. The largest absolute Gasteiger partial charge is 0.482 e. The fourth-order valence-electron chi connectivity index (χ4n) is 8.02. The predicted octanol–water partition coefficient (Wildman–Crippen LogP) is 5.04. The molecule has 3 aliphatic heterocycles. The van der Waals surface area contributed by atoms with Gasteiger partial charge in [-0.1, -0.05) is 36.6 Å². The number of carbonyl (C=O) groups excluding carboxylic acids is 1. The number of pyridine rings is 1. The van der Waals surface area contributed by atoms with Crippen LogP contribution in [0.2, 0.25) is 5.02 Å². The molecule has 12 heteroatoms. The number of anilines is 1. The third-order valence-corrected chi connectivity index (χ3v) is 10.6. The van der Waals surface area contributed by atoms with Crippen LogP contribution in [0.15, 0.2) is 35.7 Å². The topological polar surface area (TPSA) is 120 Å². The molecule has 0 unspecified atom stereocenters. The highest BCUT2D eigenvalue weighted by Gasteiger charge is 2.70. The standard InChI is InChI=1S/C35H36ClN8O3/c1-21(2)10-27-25(12-37)32(22-4-5-28-29(11-22)47-17-31(45)43(28)16-30-38-13-23(36)14-39-30)26-15-40-44(33(26)41-27)24-6-8-42(9-7-24)34-18-35(19-34,20-34)46-3/h4-5,11,13-15,21H,6-10,16-20H2,1-3H3/q+1. The second kappa shape index (κ2) is 11.2. The average Bonchev–Trinajstić information content (AvgIpc) is 3.45. The van der Waals surface area contributed by atoms with Crippen molar-refractivity contribution >= 4 is 40.9 Å². The van der Waals surface area contributed by atoms with Crippen molar-refractivity contribution in [2.75, 3.05) is 31.7 Å². The Morgan fingerprint density at radius 2 is 1.91 bits per heavy atom. The van der Waals surface area contributed by atoms with E-state index < -0.39 is 0 Å². The predicted molar refractivity (Wildman–Crippen MR) is 176 cm³/mol. The van der Waals surface area contributed by atoms with E-state index >= 15 is 0 Å². The zero-order valence-electron chi connectivity index (χ0n) is 26.8. The van der Waals surface area contributed by atoms with Crippen LogP contribution >= 0.6 is 11.6 Å². The number of aromatic nitrogens is 3. The molecule has 9 rings (SSSR count). The van der Waals surface area contributed by atoms with Gasteiger partial charge in [-0.25, -0.2) is 9.97 Å². The third kappa shape index (κ3) is 4.93. The van der Waals surface area contributed by atoms with Crippen LogP contribution in [0.1, 0.15) is 68.6 Å². The number of carbonyl (C=O) groups is 1.